The molecule has 0 unspecified atom stereocenters. The maximum absolute atomic E-state index is 11.3. The molecular weight excluding hydrogens is 306 g/mol. The van der Waals surface area contributed by atoms with E-state index in [0.717, 1.165) is 5.56 Å². The Morgan fingerprint density at radius 2 is 2.09 bits per heavy atom. The van der Waals surface area contributed by atoms with Gasteiger partial charge in [-0.2, -0.15) is 0 Å². The van der Waals surface area contributed by atoms with Gasteiger partial charge < -0.3 is 19.9 Å². The second kappa shape index (κ2) is 8.86. The van der Waals surface area contributed by atoms with Crippen LogP contribution in [-0.2, 0) is 11.3 Å². The van der Waals surface area contributed by atoms with Crippen LogP contribution in [0.3, 0.4) is 0 Å². The van der Waals surface area contributed by atoms with Gasteiger partial charge in [0.25, 0.3) is 0 Å². The van der Waals surface area contributed by atoms with Crippen molar-refractivity contribution in [1.29, 1.82) is 0 Å². The average Bonchev–Trinajstić information content (AvgIpc) is 2.45. The number of hydrogen-bond acceptors (Lipinski definition) is 4. The molecule has 1 rings (SSSR count). The second-order valence-corrected chi connectivity index (χ2v) is 5.85. The minimum absolute atomic E-state index is 0.298. The van der Waals surface area contributed by atoms with Crippen LogP contribution in [0.5, 0.6) is 11.5 Å². The van der Waals surface area contributed by atoms with E-state index < -0.39 is 12.0 Å². The Balaban J connectivity index is 2.85. The van der Waals surface area contributed by atoms with Crippen LogP contribution in [0.4, 0.5) is 0 Å². The highest BCUT2D eigenvalue weighted by molar-refractivity contribution is 6.32. The summed E-state index contributed by atoms with van der Waals surface area (Å²) >= 11 is 6.21. The zero-order valence-corrected chi connectivity index (χ0v) is 14.2. The monoisotopic (exact) mass is 329 g/mol. The van der Waals surface area contributed by atoms with Crippen molar-refractivity contribution in [2.45, 2.75) is 39.8 Å². The van der Waals surface area contributed by atoms with Gasteiger partial charge in [0.05, 0.1) is 18.7 Å². The third kappa shape index (κ3) is 5.39. The van der Waals surface area contributed by atoms with Crippen molar-refractivity contribution in [3.8, 4) is 11.5 Å². The number of hydrogen-bond donors (Lipinski definition) is 2. The summed E-state index contributed by atoms with van der Waals surface area (Å²) in [4.78, 5) is 11.3. The van der Waals surface area contributed by atoms with E-state index in [0.29, 0.717) is 42.0 Å². The van der Waals surface area contributed by atoms with E-state index in [1.54, 1.807) is 19.2 Å². The molecule has 124 valence electrons. The Labute approximate surface area is 136 Å². The molecule has 0 amide bonds. The fraction of sp³-hybridized carbons (Fsp3) is 0.562. The first kappa shape index (κ1) is 18.6. The summed E-state index contributed by atoms with van der Waals surface area (Å²) < 4.78 is 10.7. The van der Waals surface area contributed by atoms with E-state index in [1.165, 1.54) is 0 Å². The molecule has 2 N–H and O–H groups in total. The molecule has 0 saturated carbocycles. The Hall–Kier alpha value is -1.46. The van der Waals surface area contributed by atoms with E-state index in [1.807, 2.05) is 20.8 Å². The third-order valence-electron chi connectivity index (χ3n) is 3.14. The smallest absolute Gasteiger partial charge is 0.320 e. The molecule has 0 aliphatic rings. The number of carboxylic acid groups (broad SMARTS) is 1. The lowest BCUT2D eigenvalue weighted by Gasteiger charge is -2.18. The van der Waals surface area contributed by atoms with Crippen LogP contribution in [0.2, 0.25) is 5.02 Å². The predicted molar refractivity (Wildman–Crippen MR) is 86.9 cm³/mol. The zero-order valence-electron chi connectivity index (χ0n) is 13.5. The van der Waals surface area contributed by atoms with Gasteiger partial charge in [-0.3, -0.25) is 4.79 Å². The van der Waals surface area contributed by atoms with E-state index in [9.17, 15) is 9.90 Å². The molecule has 5 nitrogen and oxygen atoms in total. The lowest BCUT2D eigenvalue weighted by Crippen LogP contribution is -2.37. The molecule has 0 spiro atoms. The standard InChI is InChI=1S/C16H24ClNO4/c1-5-22-15-12(17)7-11(8-14(15)21-4)9-18-13(16(19)20)6-10(2)3/h7-8,10,13,18H,5-6,9H2,1-4H3,(H,19,20)/t13-/m1/s1. The molecule has 0 heterocycles. The van der Waals surface area contributed by atoms with Gasteiger partial charge in [0.1, 0.15) is 6.04 Å². The number of rotatable bonds is 9. The van der Waals surface area contributed by atoms with Gasteiger partial charge in [0, 0.05) is 6.54 Å². The van der Waals surface area contributed by atoms with Crippen molar-refractivity contribution in [3.05, 3.63) is 22.7 Å². The SMILES string of the molecule is CCOc1c(Cl)cc(CN[C@H](CC(C)C)C(=O)O)cc1OC. The summed E-state index contributed by atoms with van der Waals surface area (Å²) in [5, 5.41) is 12.7. The lowest BCUT2D eigenvalue weighted by molar-refractivity contribution is -0.140. The van der Waals surface area contributed by atoms with Crippen molar-refractivity contribution >= 4 is 17.6 Å². The second-order valence-electron chi connectivity index (χ2n) is 5.44. The Bertz CT molecular complexity index is 505. The van der Waals surface area contributed by atoms with Gasteiger partial charge in [-0.05, 0) is 37.0 Å². The molecular formula is C16H24ClNO4. The van der Waals surface area contributed by atoms with Crippen LogP contribution in [0.1, 0.15) is 32.8 Å². The molecule has 0 aromatic heterocycles. The average molecular weight is 330 g/mol. The predicted octanol–water partition coefficient (Wildman–Crippen LogP) is 3.34. The van der Waals surface area contributed by atoms with Gasteiger partial charge in [0.2, 0.25) is 0 Å². The molecule has 6 heteroatoms. The minimum Gasteiger partial charge on any atom is -0.493 e. The molecule has 0 fully saturated rings. The summed E-state index contributed by atoms with van der Waals surface area (Å²) in [6, 6.07) is 2.98. The highest BCUT2D eigenvalue weighted by Gasteiger charge is 2.19. The summed E-state index contributed by atoms with van der Waals surface area (Å²) in [6.45, 7) is 6.74. The first-order chi connectivity index (χ1) is 10.4. The number of ether oxygens (including phenoxy) is 2. The van der Waals surface area contributed by atoms with Gasteiger partial charge in [-0.15, -0.1) is 0 Å². The highest BCUT2D eigenvalue weighted by Crippen LogP contribution is 2.36. The van der Waals surface area contributed by atoms with E-state index in [-0.39, 0.29) is 0 Å². The van der Waals surface area contributed by atoms with E-state index in [4.69, 9.17) is 21.1 Å². The number of nitrogens with one attached hydrogen (secondary N) is 1. The lowest BCUT2D eigenvalue weighted by atomic mass is 10.0. The summed E-state index contributed by atoms with van der Waals surface area (Å²) in [5.41, 5.74) is 0.848. The molecule has 1 aromatic rings. The number of carboxylic acids is 1. The van der Waals surface area contributed by atoms with E-state index >= 15 is 0 Å². The van der Waals surface area contributed by atoms with Crippen LogP contribution >= 0.6 is 11.6 Å². The number of methoxy groups -OCH3 is 1. The topological polar surface area (TPSA) is 67.8 Å². The highest BCUT2D eigenvalue weighted by atomic mass is 35.5. The van der Waals surface area contributed by atoms with Gasteiger partial charge in [0.15, 0.2) is 11.5 Å². The van der Waals surface area contributed by atoms with Crippen molar-refractivity contribution < 1.29 is 19.4 Å². The number of aliphatic carboxylic acids is 1. The molecule has 0 bridgehead atoms. The van der Waals surface area contributed by atoms with Crippen molar-refractivity contribution in [3.63, 3.8) is 0 Å². The first-order valence-electron chi connectivity index (χ1n) is 7.34. The van der Waals surface area contributed by atoms with Gasteiger partial charge >= 0.3 is 5.97 Å². The summed E-state index contributed by atoms with van der Waals surface area (Å²) in [6.07, 6.45) is 0.567. The number of carbonyl (C=O) groups is 1. The summed E-state index contributed by atoms with van der Waals surface area (Å²) in [5.74, 6) is 0.499. The first-order valence-corrected chi connectivity index (χ1v) is 7.72. The molecule has 1 aromatic carbocycles. The zero-order chi connectivity index (χ0) is 16.7. The minimum atomic E-state index is -0.849. The molecule has 0 saturated heterocycles. The molecule has 0 radical (unpaired) electrons. The normalized spacial score (nSPS) is 12.3. The Morgan fingerprint density at radius 3 is 2.59 bits per heavy atom. The van der Waals surface area contributed by atoms with Crippen molar-refractivity contribution in [2.75, 3.05) is 13.7 Å². The van der Waals surface area contributed by atoms with Crippen LogP contribution < -0.4 is 14.8 Å². The molecule has 0 aliphatic carbocycles. The third-order valence-corrected chi connectivity index (χ3v) is 3.42. The largest absolute Gasteiger partial charge is 0.493 e. The van der Waals surface area contributed by atoms with Crippen molar-refractivity contribution in [1.82, 2.24) is 5.32 Å². The van der Waals surface area contributed by atoms with Crippen LogP contribution in [0.25, 0.3) is 0 Å². The molecule has 1 atom stereocenters. The summed E-state index contributed by atoms with van der Waals surface area (Å²) in [7, 11) is 1.55. The van der Waals surface area contributed by atoms with Crippen LogP contribution in [-0.4, -0.2) is 30.8 Å². The van der Waals surface area contributed by atoms with Crippen molar-refractivity contribution in [2.24, 2.45) is 5.92 Å². The fourth-order valence-electron chi connectivity index (χ4n) is 2.14. The van der Waals surface area contributed by atoms with Gasteiger partial charge in [-0.1, -0.05) is 25.4 Å². The van der Waals surface area contributed by atoms with Crippen LogP contribution in [0.15, 0.2) is 12.1 Å². The van der Waals surface area contributed by atoms with Gasteiger partial charge in [-0.25, -0.2) is 0 Å². The number of benzene rings is 1. The Kier molecular flexibility index (Phi) is 7.48. The van der Waals surface area contributed by atoms with Crippen LogP contribution in [0, 0.1) is 5.92 Å². The quantitative estimate of drug-likeness (QED) is 0.727. The Morgan fingerprint density at radius 1 is 1.41 bits per heavy atom. The maximum Gasteiger partial charge on any atom is 0.320 e. The maximum atomic E-state index is 11.3. The fourth-order valence-corrected chi connectivity index (χ4v) is 2.43. The van der Waals surface area contributed by atoms with E-state index in [2.05, 4.69) is 5.32 Å². The number of halogens is 1. The molecule has 0 aliphatic heterocycles. The molecule has 22 heavy (non-hydrogen) atoms.